The molecular formula is C36H38ClN3O4S. The van der Waals surface area contributed by atoms with Crippen molar-refractivity contribution in [2.75, 3.05) is 10.8 Å². The standard InChI is InChI=1S/C36H38ClN3O4S/c1-27-21-22-31(24-33(27)37)40(45(43,44)32-19-9-4-10-20-32)26-35(41)39(25-29-15-7-3-8-16-29)34(23-28-13-5-2-6-14-28)36(42)38-30-17-11-12-18-30/h2-10,13-16,19-22,24,30,34H,11-12,17-18,23,25-26H2,1H3,(H,38,42)/t34-/m1/s1. The van der Waals surface area contributed by atoms with E-state index >= 15 is 0 Å². The van der Waals surface area contributed by atoms with Crippen molar-refractivity contribution in [3.63, 3.8) is 0 Å². The third-order valence-corrected chi connectivity index (χ3v) is 10.4. The maximum atomic E-state index is 14.5. The molecular weight excluding hydrogens is 606 g/mol. The van der Waals surface area contributed by atoms with Gasteiger partial charge in [0.1, 0.15) is 12.6 Å². The summed E-state index contributed by atoms with van der Waals surface area (Å²) in [7, 11) is -4.18. The second-order valence-corrected chi connectivity index (χ2v) is 13.7. The summed E-state index contributed by atoms with van der Waals surface area (Å²) in [6, 6.07) is 31.1. The fourth-order valence-electron chi connectivity index (χ4n) is 5.69. The van der Waals surface area contributed by atoms with Crippen LogP contribution in [0.15, 0.2) is 114 Å². The average Bonchev–Trinajstić information content (AvgIpc) is 3.57. The Morgan fingerprint density at radius 1 is 0.844 bits per heavy atom. The third kappa shape index (κ3) is 8.12. The molecule has 0 aliphatic heterocycles. The molecule has 0 unspecified atom stereocenters. The van der Waals surface area contributed by atoms with E-state index in [2.05, 4.69) is 5.32 Å². The first kappa shape index (κ1) is 32.3. The van der Waals surface area contributed by atoms with Crippen molar-refractivity contribution in [2.45, 2.75) is 62.6 Å². The number of benzene rings is 4. The number of carbonyl (C=O) groups excluding carboxylic acids is 2. The monoisotopic (exact) mass is 643 g/mol. The van der Waals surface area contributed by atoms with Crippen LogP contribution in [0.5, 0.6) is 0 Å². The number of sulfonamides is 1. The molecule has 0 radical (unpaired) electrons. The van der Waals surface area contributed by atoms with E-state index < -0.39 is 28.5 Å². The zero-order valence-electron chi connectivity index (χ0n) is 25.3. The van der Waals surface area contributed by atoms with Crippen LogP contribution < -0.4 is 9.62 Å². The third-order valence-electron chi connectivity index (χ3n) is 8.22. The minimum Gasteiger partial charge on any atom is -0.352 e. The van der Waals surface area contributed by atoms with Gasteiger partial charge in [-0.1, -0.05) is 109 Å². The molecule has 9 heteroatoms. The maximum Gasteiger partial charge on any atom is 0.264 e. The summed E-state index contributed by atoms with van der Waals surface area (Å²) in [4.78, 5) is 30.2. The molecule has 1 saturated carbocycles. The van der Waals surface area contributed by atoms with Crippen molar-refractivity contribution >= 4 is 39.1 Å². The summed E-state index contributed by atoms with van der Waals surface area (Å²) < 4.78 is 29.3. The first-order chi connectivity index (χ1) is 21.7. The van der Waals surface area contributed by atoms with Gasteiger partial charge in [-0.2, -0.15) is 0 Å². The van der Waals surface area contributed by atoms with Crippen molar-refractivity contribution in [1.29, 1.82) is 0 Å². The largest absolute Gasteiger partial charge is 0.352 e. The van der Waals surface area contributed by atoms with Gasteiger partial charge in [-0.25, -0.2) is 8.42 Å². The van der Waals surface area contributed by atoms with Crippen LogP contribution in [-0.4, -0.2) is 43.8 Å². The van der Waals surface area contributed by atoms with Gasteiger partial charge in [0.05, 0.1) is 10.6 Å². The molecule has 0 saturated heterocycles. The topological polar surface area (TPSA) is 86.8 Å². The maximum absolute atomic E-state index is 14.5. The van der Waals surface area contributed by atoms with Gasteiger partial charge in [-0.05, 0) is 60.7 Å². The highest BCUT2D eigenvalue weighted by Gasteiger charge is 2.35. The Kier molecular flexibility index (Phi) is 10.6. The quantitative estimate of drug-likeness (QED) is 0.190. The minimum atomic E-state index is -4.18. The van der Waals surface area contributed by atoms with Gasteiger partial charge in [0.2, 0.25) is 11.8 Å². The van der Waals surface area contributed by atoms with Gasteiger partial charge in [0.25, 0.3) is 10.0 Å². The van der Waals surface area contributed by atoms with Crippen molar-refractivity contribution in [2.24, 2.45) is 0 Å². The van der Waals surface area contributed by atoms with Crippen molar-refractivity contribution in [3.8, 4) is 0 Å². The lowest BCUT2D eigenvalue weighted by atomic mass is 10.0. The van der Waals surface area contributed by atoms with E-state index in [9.17, 15) is 18.0 Å². The molecule has 4 aromatic carbocycles. The van der Waals surface area contributed by atoms with Crippen LogP contribution in [0.25, 0.3) is 0 Å². The summed E-state index contributed by atoms with van der Waals surface area (Å²) in [6.45, 7) is 1.43. The van der Waals surface area contributed by atoms with Gasteiger partial charge >= 0.3 is 0 Å². The number of halogens is 1. The number of hydrogen-bond acceptors (Lipinski definition) is 4. The Morgan fingerprint density at radius 2 is 1.42 bits per heavy atom. The molecule has 4 aromatic rings. The highest BCUT2D eigenvalue weighted by atomic mass is 35.5. The Bertz CT molecular complexity index is 1700. The average molecular weight is 644 g/mol. The van der Waals surface area contributed by atoms with Gasteiger partial charge in [-0.3, -0.25) is 13.9 Å². The Morgan fingerprint density at radius 3 is 2.02 bits per heavy atom. The van der Waals surface area contributed by atoms with Crippen LogP contribution in [-0.2, 0) is 32.6 Å². The Labute approximate surface area is 270 Å². The van der Waals surface area contributed by atoms with Gasteiger partial charge in [-0.15, -0.1) is 0 Å². The summed E-state index contributed by atoms with van der Waals surface area (Å²) in [5.74, 6) is -0.747. The van der Waals surface area contributed by atoms with Crippen LogP contribution in [0.4, 0.5) is 5.69 Å². The fourth-order valence-corrected chi connectivity index (χ4v) is 7.29. The first-order valence-electron chi connectivity index (χ1n) is 15.2. The number of nitrogens with one attached hydrogen (secondary N) is 1. The molecule has 1 fully saturated rings. The normalized spacial score (nSPS) is 14.1. The molecule has 1 N–H and O–H groups in total. The lowest BCUT2D eigenvalue weighted by molar-refractivity contribution is -0.140. The SMILES string of the molecule is Cc1ccc(N(CC(=O)N(Cc2ccccc2)[C@H](Cc2ccccc2)C(=O)NC2CCCC2)S(=O)(=O)c2ccccc2)cc1Cl. The van der Waals surface area contributed by atoms with E-state index in [4.69, 9.17) is 11.6 Å². The molecule has 0 heterocycles. The van der Waals surface area contributed by atoms with E-state index in [0.29, 0.717) is 5.02 Å². The molecule has 45 heavy (non-hydrogen) atoms. The molecule has 234 valence electrons. The smallest absolute Gasteiger partial charge is 0.264 e. The lowest BCUT2D eigenvalue weighted by Gasteiger charge is -2.34. The molecule has 1 aliphatic carbocycles. The second kappa shape index (κ2) is 14.8. The summed E-state index contributed by atoms with van der Waals surface area (Å²) >= 11 is 6.45. The Hall–Kier alpha value is -4.14. The number of aryl methyl sites for hydroxylation is 1. The van der Waals surface area contributed by atoms with Crippen LogP contribution >= 0.6 is 11.6 Å². The fraction of sp³-hybridized carbons (Fsp3) is 0.278. The molecule has 5 rings (SSSR count). The predicted molar refractivity (Wildman–Crippen MR) is 178 cm³/mol. The molecule has 0 spiro atoms. The van der Waals surface area contributed by atoms with E-state index in [1.165, 1.54) is 17.0 Å². The van der Waals surface area contributed by atoms with Crippen molar-refractivity contribution < 1.29 is 18.0 Å². The molecule has 7 nitrogen and oxygen atoms in total. The molecule has 1 aliphatic rings. The van der Waals surface area contributed by atoms with E-state index in [-0.39, 0.29) is 35.5 Å². The number of amides is 2. The van der Waals surface area contributed by atoms with Gasteiger partial charge in [0.15, 0.2) is 0 Å². The molecule has 1 atom stereocenters. The first-order valence-corrected chi connectivity index (χ1v) is 17.1. The summed E-state index contributed by atoms with van der Waals surface area (Å²) in [6.07, 6.45) is 4.17. The summed E-state index contributed by atoms with van der Waals surface area (Å²) in [5.41, 5.74) is 2.76. The van der Waals surface area contributed by atoms with E-state index in [0.717, 1.165) is 46.7 Å². The Balaban J connectivity index is 1.56. The zero-order chi connectivity index (χ0) is 31.8. The van der Waals surface area contributed by atoms with E-state index in [1.807, 2.05) is 67.6 Å². The molecule has 0 aromatic heterocycles. The highest BCUT2D eigenvalue weighted by Crippen LogP contribution is 2.29. The van der Waals surface area contributed by atoms with Crippen molar-refractivity contribution in [3.05, 3.63) is 131 Å². The van der Waals surface area contributed by atoms with Gasteiger partial charge < -0.3 is 10.2 Å². The number of carbonyl (C=O) groups is 2. The van der Waals surface area contributed by atoms with Gasteiger partial charge in [0, 0.05) is 24.0 Å². The number of hydrogen-bond donors (Lipinski definition) is 1. The number of nitrogens with zero attached hydrogens (tertiary/aromatic N) is 2. The highest BCUT2D eigenvalue weighted by molar-refractivity contribution is 7.92. The van der Waals surface area contributed by atoms with Crippen LogP contribution in [0.2, 0.25) is 5.02 Å². The number of anilines is 1. The van der Waals surface area contributed by atoms with Crippen LogP contribution in [0.3, 0.4) is 0 Å². The molecule has 0 bridgehead atoms. The van der Waals surface area contributed by atoms with E-state index in [1.54, 1.807) is 36.4 Å². The van der Waals surface area contributed by atoms with Crippen LogP contribution in [0.1, 0.15) is 42.4 Å². The number of rotatable bonds is 12. The predicted octanol–water partition coefficient (Wildman–Crippen LogP) is 6.54. The summed E-state index contributed by atoms with van der Waals surface area (Å²) in [5, 5.41) is 3.57. The minimum absolute atomic E-state index is 0.0453. The second-order valence-electron chi connectivity index (χ2n) is 11.5. The zero-order valence-corrected chi connectivity index (χ0v) is 26.9. The lowest BCUT2D eigenvalue weighted by Crippen LogP contribution is -2.54. The van der Waals surface area contributed by atoms with Crippen molar-refractivity contribution in [1.82, 2.24) is 10.2 Å². The van der Waals surface area contributed by atoms with Crippen LogP contribution in [0, 0.1) is 6.92 Å². The molecule has 2 amide bonds.